The van der Waals surface area contributed by atoms with Crippen molar-refractivity contribution in [3.63, 3.8) is 0 Å². The largest absolute Gasteiger partial charge is 0.457 e. The Morgan fingerprint density at radius 2 is 0.903 bits per heavy atom. The lowest BCUT2D eigenvalue weighted by molar-refractivity contribution is 0.107. The Morgan fingerprint density at radius 3 is 1.32 bits per heavy atom. The van der Waals surface area contributed by atoms with Crippen LogP contribution >= 0.6 is 23.2 Å². The first-order chi connectivity index (χ1) is 15.1. The monoisotopic (exact) mass is 450 g/mol. The second-order valence-electron chi connectivity index (χ2n) is 6.90. The highest BCUT2D eigenvalue weighted by molar-refractivity contribution is 6.30. The van der Waals surface area contributed by atoms with E-state index in [1.807, 2.05) is 72.8 Å². The van der Waals surface area contributed by atoms with E-state index >= 15 is 0 Å². The second kappa shape index (κ2) is 10.4. The summed E-state index contributed by atoms with van der Waals surface area (Å²) in [5.41, 5.74) is 2.06. The maximum Gasteiger partial charge on any atom is 0.127 e. The van der Waals surface area contributed by atoms with Crippen molar-refractivity contribution in [2.75, 3.05) is 0 Å². The molecule has 0 atom stereocenters. The van der Waals surface area contributed by atoms with Gasteiger partial charge in [0, 0.05) is 10.0 Å². The highest BCUT2D eigenvalue weighted by atomic mass is 35.5. The molecule has 3 nitrogen and oxygen atoms in total. The van der Waals surface area contributed by atoms with E-state index in [0.29, 0.717) is 23.3 Å². The third-order valence-electron chi connectivity index (χ3n) is 4.43. The van der Waals surface area contributed by atoms with E-state index in [-0.39, 0.29) is 0 Å². The van der Waals surface area contributed by atoms with Gasteiger partial charge in [0.05, 0.1) is 13.2 Å². The third-order valence-corrected chi connectivity index (χ3v) is 4.94. The maximum absolute atomic E-state index is 5.92. The van der Waals surface area contributed by atoms with E-state index < -0.39 is 0 Å². The number of hydrogen-bond donors (Lipinski definition) is 0. The lowest BCUT2D eigenvalue weighted by atomic mass is 10.2. The molecule has 0 N–H and O–H groups in total. The van der Waals surface area contributed by atoms with Crippen LogP contribution in [0.15, 0.2) is 97.1 Å². The summed E-state index contributed by atoms with van der Waals surface area (Å²) >= 11 is 11.8. The van der Waals surface area contributed by atoms with E-state index in [2.05, 4.69) is 0 Å². The molecule has 4 aromatic carbocycles. The number of hydrogen-bond acceptors (Lipinski definition) is 3. The molecule has 5 heteroatoms. The zero-order valence-corrected chi connectivity index (χ0v) is 18.1. The summed E-state index contributed by atoms with van der Waals surface area (Å²) in [4.78, 5) is 0. The van der Waals surface area contributed by atoms with Crippen LogP contribution in [-0.4, -0.2) is 0 Å². The first-order valence-electron chi connectivity index (χ1n) is 9.76. The van der Waals surface area contributed by atoms with Crippen molar-refractivity contribution in [2.24, 2.45) is 0 Å². The Kier molecular flexibility index (Phi) is 7.11. The minimum atomic E-state index is 0.472. The summed E-state index contributed by atoms with van der Waals surface area (Å²) in [6.45, 7) is 0.945. The van der Waals surface area contributed by atoms with Gasteiger partial charge in [0.25, 0.3) is 0 Å². The van der Waals surface area contributed by atoms with Gasteiger partial charge < -0.3 is 14.2 Å². The van der Waals surface area contributed by atoms with Crippen LogP contribution in [-0.2, 0) is 18.0 Å². The number of ether oxygens (including phenoxy) is 3. The van der Waals surface area contributed by atoms with Crippen molar-refractivity contribution in [2.45, 2.75) is 13.2 Å². The summed E-state index contributed by atoms with van der Waals surface area (Å²) in [6, 6.07) is 30.2. The molecule has 0 bridgehead atoms. The van der Waals surface area contributed by atoms with E-state index in [4.69, 9.17) is 37.4 Å². The Morgan fingerprint density at radius 1 is 0.484 bits per heavy atom. The molecule has 0 aliphatic carbocycles. The molecule has 156 valence electrons. The molecule has 0 radical (unpaired) electrons. The number of benzene rings is 4. The van der Waals surface area contributed by atoms with E-state index in [9.17, 15) is 0 Å². The normalized spacial score (nSPS) is 10.6. The smallest absolute Gasteiger partial charge is 0.127 e. The molecular weight excluding hydrogens is 431 g/mol. The molecular formula is C26H20Cl2O3. The summed E-state index contributed by atoms with van der Waals surface area (Å²) in [6.07, 6.45) is 0. The van der Waals surface area contributed by atoms with Crippen molar-refractivity contribution < 1.29 is 14.2 Å². The highest BCUT2D eigenvalue weighted by Crippen LogP contribution is 2.26. The molecule has 0 spiro atoms. The maximum atomic E-state index is 5.92. The van der Waals surface area contributed by atoms with Crippen molar-refractivity contribution in [3.8, 4) is 23.0 Å². The van der Waals surface area contributed by atoms with E-state index in [1.165, 1.54) is 0 Å². The molecule has 0 heterocycles. The van der Waals surface area contributed by atoms with Gasteiger partial charge in [-0.3, -0.25) is 0 Å². The van der Waals surface area contributed by atoms with Crippen LogP contribution in [0.3, 0.4) is 0 Å². The molecule has 0 amide bonds. The van der Waals surface area contributed by atoms with Crippen LogP contribution in [0.5, 0.6) is 23.0 Å². The predicted octanol–water partition coefficient (Wildman–Crippen LogP) is 8.29. The highest BCUT2D eigenvalue weighted by Gasteiger charge is 2.03. The zero-order chi connectivity index (χ0) is 21.5. The van der Waals surface area contributed by atoms with Gasteiger partial charge in [-0.1, -0.05) is 47.5 Å². The molecule has 0 unspecified atom stereocenters. The first kappa shape index (κ1) is 21.3. The summed E-state index contributed by atoms with van der Waals surface area (Å²) in [5.74, 6) is 2.98. The van der Waals surface area contributed by atoms with Gasteiger partial charge in [-0.15, -0.1) is 0 Å². The van der Waals surface area contributed by atoms with Crippen molar-refractivity contribution in [3.05, 3.63) is 118 Å². The Bertz CT molecular complexity index is 1030. The third kappa shape index (κ3) is 6.50. The molecule has 0 saturated heterocycles. The summed E-state index contributed by atoms with van der Waals surface area (Å²) in [5, 5.41) is 1.36. The van der Waals surface area contributed by atoms with Gasteiger partial charge >= 0.3 is 0 Å². The second-order valence-corrected chi connectivity index (χ2v) is 7.77. The molecule has 0 saturated carbocycles. The molecule has 0 fully saturated rings. The fraction of sp³-hybridized carbons (Fsp3) is 0.0769. The summed E-state index contributed by atoms with van der Waals surface area (Å²) < 4.78 is 17.7. The topological polar surface area (TPSA) is 27.7 Å². The summed E-state index contributed by atoms with van der Waals surface area (Å²) in [7, 11) is 0. The SMILES string of the molecule is Clc1ccc(Oc2cccc(COCc3cccc(Oc4ccc(Cl)cc4)c3)c2)cc1. The molecule has 0 aromatic heterocycles. The Balaban J connectivity index is 1.32. The first-order valence-corrected chi connectivity index (χ1v) is 10.5. The van der Waals surface area contributed by atoms with Crippen molar-refractivity contribution >= 4 is 23.2 Å². The van der Waals surface area contributed by atoms with Crippen LogP contribution < -0.4 is 9.47 Å². The quantitative estimate of drug-likeness (QED) is 0.270. The molecule has 0 aliphatic heterocycles. The van der Waals surface area contributed by atoms with Gasteiger partial charge in [-0.2, -0.15) is 0 Å². The number of halogens is 2. The van der Waals surface area contributed by atoms with Gasteiger partial charge in [0.2, 0.25) is 0 Å². The standard InChI is InChI=1S/C26H20Cl2O3/c27-21-7-11-23(12-8-21)30-25-5-1-3-19(15-25)17-29-18-20-4-2-6-26(16-20)31-24-13-9-22(28)10-14-24/h1-16H,17-18H2. The minimum Gasteiger partial charge on any atom is -0.457 e. The minimum absolute atomic E-state index is 0.472. The van der Waals surface area contributed by atoms with E-state index in [1.54, 1.807) is 24.3 Å². The van der Waals surface area contributed by atoms with Crippen LogP contribution in [0.1, 0.15) is 11.1 Å². The average Bonchev–Trinajstić information content (AvgIpc) is 2.78. The van der Waals surface area contributed by atoms with Crippen LogP contribution in [0, 0.1) is 0 Å². The van der Waals surface area contributed by atoms with E-state index in [0.717, 1.165) is 34.1 Å². The molecule has 4 aromatic rings. The average molecular weight is 451 g/mol. The molecule has 0 aliphatic rings. The van der Waals surface area contributed by atoms with Crippen molar-refractivity contribution in [1.82, 2.24) is 0 Å². The van der Waals surface area contributed by atoms with Crippen LogP contribution in [0.2, 0.25) is 10.0 Å². The van der Waals surface area contributed by atoms with Gasteiger partial charge in [-0.25, -0.2) is 0 Å². The van der Waals surface area contributed by atoms with Crippen LogP contribution in [0.4, 0.5) is 0 Å². The predicted molar refractivity (Wildman–Crippen MR) is 124 cm³/mol. The lowest BCUT2D eigenvalue weighted by Crippen LogP contribution is -1.95. The molecule has 31 heavy (non-hydrogen) atoms. The zero-order valence-electron chi connectivity index (χ0n) is 16.6. The number of rotatable bonds is 8. The van der Waals surface area contributed by atoms with Crippen LogP contribution in [0.25, 0.3) is 0 Å². The lowest BCUT2D eigenvalue weighted by Gasteiger charge is -2.10. The van der Waals surface area contributed by atoms with Gasteiger partial charge in [0.15, 0.2) is 0 Å². The fourth-order valence-corrected chi connectivity index (χ4v) is 3.21. The Labute approximate surface area is 191 Å². The molecule has 4 rings (SSSR count). The van der Waals surface area contributed by atoms with Gasteiger partial charge in [0.1, 0.15) is 23.0 Å². The van der Waals surface area contributed by atoms with Gasteiger partial charge in [-0.05, 0) is 83.9 Å². The fourth-order valence-electron chi connectivity index (χ4n) is 2.96. The van der Waals surface area contributed by atoms with Crippen molar-refractivity contribution in [1.29, 1.82) is 0 Å². The Hall–Kier alpha value is -2.98.